The van der Waals surface area contributed by atoms with Crippen LogP contribution >= 0.6 is 15.9 Å². The van der Waals surface area contributed by atoms with Crippen LogP contribution in [-0.2, 0) is 0 Å². The molecule has 41 valence electrons. The Balaban J connectivity index is 3.08. The number of benzene rings is 1. The molecule has 1 aromatic carbocycles. The van der Waals surface area contributed by atoms with Gasteiger partial charge in [0, 0.05) is 10.2 Å². The van der Waals surface area contributed by atoms with Crippen molar-refractivity contribution < 1.29 is 0 Å². The SMILES string of the molecule is Nc1c[c]cc(Br)c1. The average Bonchev–Trinajstić information content (AvgIpc) is 1.64. The zero-order valence-electron chi connectivity index (χ0n) is 4.19. The predicted molar refractivity (Wildman–Crippen MR) is 37.4 cm³/mol. The van der Waals surface area contributed by atoms with E-state index in [0.717, 1.165) is 10.2 Å². The maximum atomic E-state index is 5.40. The normalized spacial score (nSPS) is 9.12. The molecular weight excluding hydrogens is 166 g/mol. The maximum absolute atomic E-state index is 5.40. The van der Waals surface area contributed by atoms with Crippen LogP contribution in [0.4, 0.5) is 5.69 Å². The van der Waals surface area contributed by atoms with Gasteiger partial charge in [-0.1, -0.05) is 15.9 Å². The molecule has 0 aliphatic carbocycles. The van der Waals surface area contributed by atoms with Gasteiger partial charge in [-0.2, -0.15) is 0 Å². The van der Waals surface area contributed by atoms with Gasteiger partial charge in [0.15, 0.2) is 0 Å². The molecule has 0 amide bonds. The highest BCUT2D eigenvalue weighted by atomic mass is 79.9. The number of halogens is 1. The fraction of sp³-hybridized carbons (Fsp3) is 0. The first kappa shape index (κ1) is 5.63. The van der Waals surface area contributed by atoms with Gasteiger partial charge in [-0.15, -0.1) is 0 Å². The van der Waals surface area contributed by atoms with E-state index in [4.69, 9.17) is 5.73 Å². The minimum Gasteiger partial charge on any atom is -0.399 e. The van der Waals surface area contributed by atoms with Gasteiger partial charge < -0.3 is 5.73 Å². The summed E-state index contributed by atoms with van der Waals surface area (Å²) in [5.74, 6) is 0. The van der Waals surface area contributed by atoms with Crippen LogP contribution in [0.25, 0.3) is 0 Å². The van der Waals surface area contributed by atoms with Crippen molar-refractivity contribution in [3.63, 3.8) is 0 Å². The summed E-state index contributed by atoms with van der Waals surface area (Å²) in [5.41, 5.74) is 6.13. The second-order valence-electron chi connectivity index (χ2n) is 1.48. The quantitative estimate of drug-likeness (QED) is 0.592. The number of anilines is 1. The number of hydrogen-bond donors (Lipinski definition) is 1. The van der Waals surface area contributed by atoms with E-state index in [-0.39, 0.29) is 0 Å². The lowest BCUT2D eigenvalue weighted by atomic mass is 10.3. The van der Waals surface area contributed by atoms with Crippen molar-refractivity contribution in [1.29, 1.82) is 0 Å². The Morgan fingerprint density at radius 2 is 2.25 bits per heavy atom. The van der Waals surface area contributed by atoms with E-state index < -0.39 is 0 Å². The third kappa shape index (κ3) is 1.23. The van der Waals surface area contributed by atoms with E-state index in [1.165, 1.54) is 0 Å². The van der Waals surface area contributed by atoms with Gasteiger partial charge in [0.25, 0.3) is 0 Å². The molecule has 1 rings (SSSR count). The fourth-order valence-electron chi connectivity index (χ4n) is 0.460. The highest BCUT2D eigenvalue weighted by Gasteiger charge is 1.83. The lowest BCUT2D eigenvalue weighted by molar-refractivity contribution is 1.62. The number of nitrogens with two attached hydrogens (primary N) is 1. The molecule has 2 heteroatoms. The number of rotatable bonds is 0. The van der Waals surface area contributed by atoms with Gasteiger partial charge in [-0.05, 0) is 24.3 Å². The molecule has 0 saturated heterocycles. The number of hydrogen-bond acceptors (Lipinski definition) is 1. The van der Waals surface area contributed by atoms with Crippen LogP contribution in [0.5, 0.6) is 0 Å². The third-order valence-electron chi connectivity index (χ3n) is 0.776. The second-order valence-corrected chi connectivity index (χ2v) is 2.40. The summed E-state index contributed by atoms with van der Waals surface area (Å²) >= 11 is 3.25. The van der Waals surface area contributed by atoms with Crippen LogP contribution in [0.3, 0.4) is 0 Å². The number of nitrogen functional groups attached to an aromatic ring is 1. The van der Waals surface area contributed by atoms with Crippen LogP contribution in [-0.4, -0.2) is 0 Å². The fourth-order valence-corrected chi connectivity index (χ4v) is 0.857. The summed E-state index contributed by atoms with van der Waals surface area (Å²) in [5, 5.41) is 0. The Labute approximate surface area is 56.6 Å². The van der Waals surface area contributed by atoms with E-state index in [9.17, 15) is 0 Å². The van der Waals surface area contributed by atoms with Gasteiger partial charge in [-0.25, -0.2) is 0 Å². The monoisotopic (exact) mass is 170 g/mol. The first-order chi connectivity index (χ1) is 3.79. The molecule has 0 aromatic heterocycles. The Morgan fingerprint density at radius 1 is 1.50 bits per heavy atom. The summed E-state index contributed by atoms with van der Waals surface area (Å²) in [6, 6.07) is 8.23. The van der Waals surface area contributed by atoms with Gasteiger partial charge in [0.05, 0.1) is 0 Å². The van der Waals surface area contributed by atoms with Gasteiger partial charge in [0.2, 0.25) is 0 Å². The molecule has 0 aliphatic heterocycles. The predicted octanol–water partition coefficient (Wildman–Crippen LogP) is 1.83. The molecule has 0 fully saturated rings. The summed E-state index contributed by atoms with van der Waals surface area (Å²) in [6.45, 7) is 0. The zero-order valence-corrected chi connectivity index (χ0v) is 5.77. The lowest BCUT2D eigenvalue weighted by Crippen LogP contribution is -1.81. The Hall–Kier alpha value is -0.500. The van der Waals surface area contributed by atoms with Crippen molar-refractivity contribution in [2.45, 2.75) is 0 Å². The van der Waals surface area contributed by atoms with Gasteiger partial charge in [0.1, 0.15) is 0 Å². The van der Waals surface area contributed by atoms with E-state index in [2.05, 4.69) is 22.0 Å². The molecule has 0 bridgehead atoms. The molecule has 0 aliphatic rings. The smallest absolute Gasteiger partial charge is 0.0331 e. The second kappa shape index (κ2) is 2.18. The van der Waals surface area contributed by atoms with Crippen LogP contribution < -0.4 is 5.73 Å². The van der Waals surface area contributed by atoms with Crippen LogP contribution in [0.15, 0.2) is 22.7 Å². The minimum atomic E-state index is 0.736. The van der Waals surface area contributed by atoms with Crippen molar-refractivity contribution in [2.75, 3.05) is 5.73 Å². The summed E-state index contributed by atoms with van der Waals surface area (Å²) in [6.07, 6.45) is 0. The lowest BCUT2D eigenvalue weighted by Gasteiger charge is -1.89. The molecule has 0 saturated carbocycles. The average molecular weight is 171 g/mol. The first-order valence-corrected chi connectivity index (χ1v) is 3.00. The van der Waals surface area contributed by atoms with E-state index >= 15 is 0 Å². The highest BCUT2D eigenvalue weighted by molar-refractivity contribution is 9.10. The topological polar surface area (TPSA) is 26.0 Å². The molecule has 1 aromatic rings. The molecule has 0 spiro atoms. The molecule has 0 heterocycles. The minimum absolute atomic E-state index is 0.736. The summed E-state index contributed by atoms with van der Waals surface area (Å²) in [4.78, 5) is 0. The standard InChI is InChI=1S/C6H5BrN/c7-5-2-1-3-6(8)4-5/h2-4H,8H2. The maximum Gasteiger partial charge on any atom is 0.0331 e. The molecule has 8 heavy (non-hydrogen) atoms. The molecule has 1 radical (unpaired) electrons. The van der Waals surface area contributed by atoms with Gasteiger partial charge >= 0.3 is 0 Å². The highest BCUT2D eigenvalue weighted by Crippen LogP contribution is 2.11. The molecule has 0 unspecified atom stereocenters. The van der Waals surface area contributed by atoms with Crippen molar-refractivity contribution in [2.24, 2.45) is 0 Å². The van der Waals surface area contributed by atoms with Crippen molar-refractivity contribution in [3.8, 4) is 0 Å². The van der Waals surface area contributed by atoms with Crippen molar-refractivity contribution in [3.05, 3.63) is 28.7 Å². The summed E-state index contributed by atoms with van der Waals surface area (Å²) < 4.78 is 0.970. The van der Waals surface area contributed by atoms with Crippen LogP contribution in [0.1, 0.15) is 0 Å². The summed E-state index contributed by atoms with van der Waals surface area (Å²) in [7, 11) is 0. The van der Waals surface area contributed by atoms with E-state index in [0.29, 0.717) is 0 Å². The molecular formula is C6H5BrN. The van der Waals surface area contributed by atoms with Crippen LogP contribution in [0, 0.1) is 6.07 Å². The molecule has 0 atom stereocenters. The zero-order chi connectivity index (χ0) is 5.98. The Bertz CT molecular complexity index is 168. The van der Waals surface area contributed by atoms with E-state index in [1.807, 2.05) is 12.1 Å². The van der Waals surface area contributed by atoms with Gasteiger partial charge in [-0.3, -0.25) is 0 Å². The largest absolute Gasteiger partial charge is 0.399 e. The Kier molecular flexibility index (Phi) is 1.53. The van der Waals surface area contributed by atoms with E-state index in [1.54, 1.807) is 6.07 Å². The third-order valence-corrected chi connectivity index (χ3v) is 1.23. The Morgan fingerprint density at radius 3 is 2.62 bits per heavy atom. The molecule has 1 nitrogen and oxygen atoms in total. The van der Waals surface area contributed by atoms with Crippen LogP contribution in [0.2, 0.25) is 0 Å². The van der Waals surface area contributed by atoms with Crippen molar-refractivity contribution >= 4 is 21.6 Å². The first-order valence-electron chi connectivity index (χ1n) is 2.21. The van der Waals surface area contributed by atoms with Crippen molar-refractivity contribution in [1.82, 2.24) is 0 Å². The molecule has 2 N–H and O–H groups in total.